The minimum atomic E-state index is -1.06. The fourth-order valence-electron chi connectivity index (χ4n) is 4.30. The first-order valence-electron chi connectivity index (χ1n) is 12.8. The first-order valence-corrected chi connectivity index (χ1v) is 14.6. The van der Waals surface area contributed by atoms with Crippen LogP contribution in [0.15, 0.2) is 80.9 Å². The Morgan fingerprint density at radius 3 is 2.73 bits per heavy atom. The molecule has 0 bridgehead atoms. The smallest absolute Gasteiger partial charge is 0.296 e. The summed E-state index contributed by atoms with van der Waals surface area (Å²) in [7, 11) is 1.50. The Kier molecular flexibility index (Phi) is 8.70. The zero-order chi connectivity index (χ0) is 28.9. The highest BCUT2D eigenvalue weighted by Crippen LogP contribution is 2.45. The van der Waals surface area contributed by atoms with Crippen LogP contribution in [0.2, 0.25) is 0 Å². The molecule has 5 rings (SSSR count). The van der Waals surface area contributed by atoms with E-state index in [2.05, 4.69) is 17.1 Å². The number of aliphatic hydroxyl groups excluding tert-OH is 1. The highest BCUT2D eigenvalue weighted by Gasteiger charge is 2.47. The average Bonchev–Trinajstić information content (AvgIpc) is 3.73. The Morgan fingerprint density at radius 1 is 1.17 bits per heavy atom. The van der Waals surface area contributed by atoms with E-state index >= 15 is 0 Å². The maximum Gasteiger partial charge on any atom is 0.296 e. The molecule has 1 aliphatic rings. The van der Waals surface area contributed by atoms with Gasteiger partial charge in [0.1, 0.15) is 5.82 Å². The minimum Gasteiger partial charge on any atom is -0.503 e. The number of rotatable bonds is 12. The van der Waals surface area contributed by atoms with Crippen molar-refractivity contribution in [2.24, 2.45) is 0 Å². The third-order valence-electron chi connectivity index (χ3n) is 6.37. The predicted octanol–water partition coefficient (Wildman–Crippen LogP) is 6.53. The van der Waals surface area contributed by atoms with E-state index in [1.165, 1.54) is 42.2 Å². The van der Waals surface area contributed by atoms with E-state index in [9.17, 15) is 19.1 Å². The summed E-state index contributed by atoms with van der Waals surface area (Å²) in [6, 6.07) is 13.4. The first-order chi connectivity index (χ1) is 19.9. The van der Waals surface area contributed by atoms with Gasteiger partial charge in [-0.3, -0.25) is 14.5 Å². The van der Waals surface area contributed by atoms with Gasteiger partial charge in [0.15, 0.2) is 27.4 Å². The number of unbranched alkanes of at least 4 members (excludes halogenated alkanes) is 1. The molecule has 0 saturated heterocycles. The number of carbonyl (C=O) groups excluding carboxylic acids is 2. The molecule has 212 valence electrons. The Hall–Kier alpha value is -4.16. The minimum absolute atomic E-state index is 0.0314. The van der Waals surface area contributed by atoms with Crippen LogP contribution < -0.4 is 14.4 Å². The van der Waals surface area contributed by atoms with Gasteiger partial charge in [-0.2, -0.15) is 0 Å². The molecular weight excluding hydrogens is 569 g/mol. The summed E-state index contributed by atoms with van der Waals surface area (Å²) in [5, 5.41) is 19.5. The van der Waals surface area contributed by atoms with Crippen LogP contribution in [-0.4, -0.2) is 40.7 Å². The molecule has 1 atom stereocenters. The summed E-state index contributed by atoms with van der Waals surface area (Å²) in [6.45, 7) is 2.56. The molecular formula is C29H26FN3O6S2. The number of benzene rings is 2. The van der Waals surface area contributed by atoms with Crippen molar-refractivity contribution >= 4 is 39.9 Å². The summed E-state index contributed by atoms with van der Waals surface area (Å²) in [6.07, 6.45) is 3.16. The van der Waals surface area contributed by atoms with Gasteiger partial charge in [0.05, 0.1) is 31.6 Å². The number of halogens is 1. The number of anilines is 1. The van der Waals surface area contributed by atoms with Gasteiger partial charge in [0.25, 0.3) is 5.91 Å². The van der Waals surface area contributed by atoms with Crippen molar-refractivity contribution in [3.05, 3.63) is 94.9 Å². The number of hydrogen-bond acceptors (Lipinski definition) is 10. The molecule has 1 N–H and O–H groups in total. The lowest BCUT2D eigenvalue weighted by Gasteiger charge is -2.24. The van der Waals surface area contributed by atoms with Crippen LogP contribution in [0.5, 0.6) is 11.5 Å². The number of methoxy groups -OCH3 is 1. The van der Waals surface area contributed by atoms with E-state index < -0.39 is 23.5 Å². The molecule has 2 aromatic heterocycles. The van der Waals surface area contributed by atoms with E-state index in [0.29, 0.717) is 39.3 Å². The number of aliphatic hydroxyl groups is 1. The number of aromatic nitrogens is 2. The van der Waals surface area contributed by atoms with Crippen molar-refractivity contribution < 1.29 is 33.0 Å². The molecule has 0 aliphatic carbocycles. The zero-order valence-corrected chi connectivity index (χ0v) is 23.8. The van der Waals surface area contributed by atoms with Crippen LogP contribution in [0.25, 0.3) is 0 Å². The molecule has 3 heterocycles. The molecule has 0 saturated carbocycles. The molecule has 1 amide bonds. The molecule has 9 nitrogen and oxygen atoms in total. The molecule has 4 aromatic rings. The number of hydrogen-bond donors (Lipinski definition) is 1. The standard InChI is InChI=1S/C29H26FN3O6S2/c1-3-4-13-38-20-12-11-17(15-22(20)37-2)24-23(25(34)21-10-7-14-39-21)26(35)27(36)33(24)28-31-32-29(41-28)40-16-18-8-5-6-9-19(18)30/h5-12,14-15,24,35H,3-4,13,16H2,1-2H3. The fraction of sp³-hybridized carbons (Fsp3) is 0.241. The van der Waals surface area contributed by atoms with Gasteiger partial charge in [-0.1, -0.05) is 60.7 Å². The van der Waals surface area contributed by atoms with Crippen molar-refractivity contribution in [3.8, 4) is 11.5 Å². The predicted molar refractivity (Wildman–Crippen MR) is 152 cm³/mol. The van der Waals surface area contributed by atoms with Crippen molar-refractivity contribution in [1.29, 1.82) is 0 Å². The van der Waals surface area contributed by atoms with Crippen molar-refractivity contribution in [2.75, 3.05) is 18.6 Å². The topological polar surface area (TPSA) is 115 Å². The SMILES string of the molecule is CCCCOc1ccc(C2C(C(=O)c3ccco3)=C(O)C(=O)N2c2nnc(SCc3ccccc3F)s2)cc1OC. The molecule has 0 fully saturated rings. The lowest BCUT2D eigenvalue weighted by molar-refractivity contribution is -0.117. The number of thioether (sulfide) groups is 1. The molecule has 0 spiro atoms. The van der Waals surface area contributed by atoms with Gasteiger partial charge in [0, 0.05) is 5.75 Å². The lowest BCUT2D eigenvalue weighted by atomic mass is 9.95. The number of nitrogens with zero attached hydrogens (tertiary/aromatic N) is 3. The second kappa shape index (κ2) is 12.6. The molecule has 2 aromatic carbocycles. The summed E-state index contributed by atoms with van der Waals surface area (Å²) in [5.74, 6) is -1.31. The fourth-order valence-corrected chi connectivity index (χ4v) is 6.16. The summed E-state index contributed by atoms with van der Waals surface area (Å²) in [5.41, 5.74) is 0.818. The maximum absolute atomic E-state index is 14.1. The Bertz CT molecular complexity index is 1590. The zero-order valence-electron chi connectivity index (χ0n) is 22.2. The van der Waals surface area contributed by atoms with E-state index in [4.69, 9.17) is 13.9 Å². The van der Waals surface area contributed by atoms with Crippen LogP contribution in [0.1, 0.15) is 47.5 Å². The molecule has 12 heteroatoms. The third kappa shape index (κ3) is 5.84. The van der Waals surface area contributed by atoms with Crippen LogP contribution in [0.4, 0.5) is 9.52 Å². The number of amides is 1. The van der Waals surface area contributed by atoms with Crippen LogP contribution >= 0.6 is 23.1 Å². The van der Waals surface area contributed by atoms with Crippen LogP contribution in [0, 0.1) is 5.82 Å². The normalized spacial score (nSPS) is 15.0. The van der Waals surface area contributed by atoms with E-state index in [1.807, 2.05) is 0 Å². The van der Waals surface area contributed by atoms with Gasteiger partial charge >= 0.3 is 0 Å². The van der Waals surface area contributed by atoms with Crippen molar-refractivity contribution in [3.63, 3.8) is 0 Å². The highest BCUT2D eigenvalue weighted by atomic mass is 32.2. The monoisotopic (exact) mass is 595 g/mol. The lowest BCUT2D eigenvalue weighted by Crippen LogP contribution is -2.31. The number of Topliss-reactive ketones (excluding diaryl/α,β-unsaturated/α-hetero) is 1. The second-order valence-electron chi connectivity index (χ2n) is 8.99. The maximum atomic E-state index is 14.1. The summed E-state index contributed by atoms with van der Waals surface area (Å²) in [4.78, 5) is 28.2. The average molecular weight is 596 g/mol. The van der Waals surface area contributed by atoms with Gasteiger partial charge < -0.3 is 19.0 Å². The number of carbonyl (C=O) groups is 2. The first kappa shape index (κ1) is 28.4. The third-order valence-corrected chi connectivity index (χ3v) is 8.47. The largest absolute Gasteiger partial charge is 0.503 e. The number of ether oxygens (including phenoxy) is 2. The number of furan rings is 1. The summed E-state index contributed by atoms with van der Waals surface area (Å²) < 4.78 is 31.3. The Balaban J connectivity index is 1.51. The van der Waals surface area contributed by atoms with Crippen LogP contribution in [0.3, 0.4) is 0 Å². The Labute approximate surface area is 243 Å². The van der Waals surface area contributed by atoms with Gasteiger partial charge in [0.2, 0.25) is 10.9 Å². The second-order valence-corrected chi connectivity index (χ2v) is 11.2. The van der Waals surface area contributed by atoms with E-state index in [1.54, 1.807) is 42.5 Å². The van der Waals surface area contributed by atoms with E-state index in [0.717, 1.165) is 24.2 Å². The van der Waals surface area contributed by atoms with Crippen molar-refractivity contribution in [1.82, 2.24) is 10.2 Å². The quantitative estimate of drug-likeness (QED) is 0.0844. The molecule has 1 unspecified atom stereocenters. The molecule has 41 heavy (non-hydrogen) atoms. The van der Waals surface area contributed by atoms with Gasteiger partial charge in [-0.25, -0.2) is 4.39 Å². The van der Waals surface area contributed by atoms with Crippen molar-refractivity contribution in [2.45, 2.75) is 35.9 Å². The molecule has 0 radical (unpaired) electrons. The van der Waals surface area contributed by atoms with E-state index in [-0.39, 0.29) is 22.3 Å². The molecule has 1 aliphatic heterocycles. The summed E-state index contributed by atoms with van der Waals surface area (Å²) >= 11 is 2.35. The van der Waals surface area contributed by atoms with Gasteiger partial charge in [-0.15, -0.1) is 10.2 Å². The Morgan fingerprint density at radius 2 is 2.00 bits per heavy atom. The highest BCUT2D eigenvalue weighted by molar-refractivity contribution is 8.00. The van der Waals surface area contributed by atoms with Crippen LogP contribution in [-0.2, 0) is 10.5 Å². The number of ketones is 1. The van der Waals surface area contributed by atoms with Gasteiger partial charge in [-0.05, 0) is 47.9 Å².